The van der Waals surface area contributed by atoms with Gasteiger partial charge >= 0.3 is 0 Å². The number of ether oxygens (including phenoxy) is 1. The van der Waals surface area contributed by atoms with Crippen molar-refractivity contribution in [3.63, 3.8) is 0 Å². The molecule has 0 aliphatic heterocycles. The van der Waals surface area contributed by atoms with Crippen molar-refractivity contribution in [1.82, 2.24) is 0 Å². The average Bonchev–Trinajstić information content (AvgIpc) is 2.42. The molecule has 0 N–H and O–H groups in total. The quantitative estimate of drug-likeness (QED) is 0.719. The number of hydrogen-bond acceptors (Lipinski definition) is 2. The fourth-order valence-electron chi connectivity index (χ4n) is 2.10. The smallest absolute Gasteiger partial charge is 0.127 e. The van der Waals surface area contributed by atoms with Gasteiger partial charge in [0.15, 0.2) is 0 Å². The molecule has 0 fully saturated rings. The molecule has 102 valence electrons. The summed E-state index contributed by atoms with van der Waals surface area (Å²) in [5, 5.41) is 2.90. The van der Waals surface area contributed by atoms with Gasteiger partial charge in [-0.15, -0.1) is 0 Å². The minimum Gasteiger partial charge on any atom is -0.493 e. The topological polar surface area (TPSA) is 9.23 Å². The predicted octanol–water partition coefficient (Wildman–Crippen LogP) is 5.22. The van der Waals surface area contributed by atoms with Gasteiger partial charge in [-0.05, 0) is 36.6 Å². The number of hydrogen-bond donors (Lipinski definition) is 1. The average molecular weight is 295 g/mol. The molecule has 0 aliphatic carbocycles. The second-order valence-electron chi connectivity index (χ2n) is 4.85. The molecule has 0 heterocycles. The zero-order valence-electron chi connectivity index (χ0n) is 11.1. The van der Waals surface area contributed by atoms with Crippen LogP contribution in [-0.2, 0) is 0 Å². The van der Waals surface area contributed by atoms with Gasteiger partial charge in [-0.3, -0.25) is 0 Å². The third kappa shape index (κ3) is 3.80. The Balaban J connectivity index is 2.07. The van der Waals surface area contributed by atoms with Gasteiger partial charge < -0.3 is 4.74 Å². The van der Waals surface area contributed by atoms with E-state index >= 15 is 0 Å². The Morgan fingerprint density at radius 1 is 1.11 bits per heavy atom. The van der Waals surface area contributed by atoms with Crippen molar-refractivity contribution >= 4 is 35.0 Å². The lowest BCUT2D eigenvalue weighted by Crippen LogP contribution is -2.05. The van der Waals surface area contributed by atoms with E-state index in [1.54, 1.807) is 0 Å². The first-order valence-electron chi connectivity index (χ1n) is 6.63. The van der Waals surface area contributed by atoms with Gasteiger partial charge in [-0.1, -0.05) is 42.8 Å². The Kier molecular flexibility index (Phi) is 5.41. The zero-order chi connectivity index (χ0) is 13.7. The Morgan fingerprint density at radius 3 is 2.58 bits per heavy atom. The molecule has 3 heteroatoms. The minimum atomic E-state index is 0.649. The second-order valence-corrected chi connectivity index (χ2v) is 5.70. The van der Waals surface area contributed by atoms with E-state index in [1.165, 1.54) is 0 Å². The van der Waals surface area contributed by atoms with Crippen LogP contribution in [0.25, 0.3) is 10.8 Å². The van der Waals surface area contributed by atoms with E-state index in [-0.39, 0.29) is 0 Å². The standard InChI is InChI=1S/C16H19ClOS/c1-12(9-11-19)8-10-18-16-7-6-15(17)13-4-2-3-5-14(13)16/h2-7,12,19H,8-11H2,1H3. The van der Waals surface area contributed by atoms with E-state index in [9.17, 15) is 0 Å². The van der Waals surface area contributed by atoms with Crippen LogP contribution in [0.15, 0.2) is 36.4 Å². The van der Waals surface area contributed by atoms with Crippen molar-refractivity contribution in [2.24, 2.45) is 5.92 Å². The molecule has 0 aromatic heterocycles. The van der Waals surface area contributed by atoms with Crippen LogP contribution >= 0.6 is 24.2 Å². The summed E-state index contributed by atoms with van der Waals surface area (Å²) in [4.78, 5) is 0. The second kappa shape index (κ2) is 7.06. The van der Waals surface area contributed by atoms with Crippen LogP contribution in [0, 0.1) is 5.92 Å². The maximum atomic E-state index is 6.19. The summed E-state index contributed by atoms with van der Waals surface area (Å²) in [5.41, 5.74) is 0. The summed E-state index contributed by atoms with van der Waals surface area (Å²) >= 11 is 10.4. The Labute approximate surface area is 125 Å². The molecule has 1 unspecified atom stereocenters. The molecule has 0 aliphatic rings. The lowest BCUT2D eigenvalue weighted by molar-refractivity contribution is 0.285. The summed E-state index contributed by atoms with van der Waals surface area (Å²) in [7, 11) is 0. The lowest BCUT2D eigenvalue weighted by Gasteiger charge is -2.13. The van der Waals surface area contributed by atoms with E-state index in [0.29, 0.717) is 5.92 Å². The fraction of sp³-hybridized carbons (Fsp3) is 0.375. The van der Waals surface area contributed by atoms with Crippen LogP contribution < -0.4 is 4.74 Å². The number of thiol groups is 1. The molecule has 0 saturated carbocycles. The largest absolute Gasteiger partial charge is 0.493 e. The molecule has 0 saturated heterocycles. The number of benzene rings is 2. The van der Waals surface area contributed by atoms with E-state index in [1.807, 2.05) is 36.4 Å². The number of halogens is 1. The Hall–Kier alpha value is -0.860. The Bertz CT molecular complexity index is 541. The molecular formula is C16H19ClOS. The van der Waals surface area contributed by atoms with Crippen LogP contribution in [0.1, 0.15) is 19.8 Å². The van der Waals surface area contributed by atoms with Gasteiger partial charge in [0.25, 0.3) is 0 Å². The van der Waals surface area contributed by atoms with Crippen molar-refractivity contribution in [2.75, 3.05) is 12.4 Å². The number of fused-ring (bicyclic) bond motifs is 1. The summed E-state index contributed by atoms with van der Waals surface area (Å²) < 4.78 is 5.91. The van der Waals surface area contributed by atoms with E-state index in [2.05, 4.69) is 19.6 Å². The molecule has 2 rings (SSSR count). The predicted molar refractivity (Wildman–Crippen MR) is 86.7 cm³/mol. The fourth-order valence-corrected chi connectivity index (χ4v) is 2.76. The maximum Gasteiger partial charge on any atom is 0.127 e. The monoisotopic (exact) mass is 294 g/mol. The maximum absolute atomic E-state index is 6.19. The van der Waals surface area contributed by atoms with Crippen LogP contribution in [0.2, 0.25) is 5.02 Å². The molecule has 0 radical (unpaired) electrons. The highest BCUT2D eigenvalue weighted by atomic mass is 35.5. The third-order valence-corrected chi connectivity index (χ3v) is 3.91. The molecule has 1 nitrogen and oxygen atoms in total. The summed E-state index contributed by atoms with van der Waals surface area (Å²) in [6.45, 7) is 2.97. The lowest BCUT2D eigenvalue weighted by atomic mass is 10.1. The normalized spacial score (nSPS) is 12.6. The van der Waals surface area contributed by atoms with E-state index in [0.717, 1.165) is 46.7 Å². The van der Waals surface area contributed by atoms with Crippen LogP contribution in [0.3, 0.4) is 0 Å². The van der Waals surface area contributed by atoms with E-state index < -0.39 is 0 Å². The molecule has 19 heavy (non-hydrogen) atoms. The molecule has 0 amide bonds. The van der Waals surface area contributed by atoms with Gasteiger partial charge in [0, 0.05) is 15.8 Å². The van der Waals surface area contributed by atoms with Crippen molar-refractivity contribution in [1.29, 1.82) is 0 Å². The third-order valence-electron chi connectivity index (χ3n) is 3.32. The number of rotatable bonds is 6. The highest BCUT2D eigenvalue weighted by Crippen LogP contribution is 2.31. The van der Waals surface area contributed by atoms with Gasteiger partial charge in [0.05, 0.1) is 6.61 Å². The zero-order valence-corrected chi connectivity index (χ0v) is 12.8. The van der Waals surface area contributed by atoms with Gasteiger partial charge in [-0.2, -0.15) is 12.6 Å². The highest BCUT2D eigenvalue weighted by molar-refractivity contribution is 7.80. The van der Waals surface area contributed by atoms with Crippen LogP contribution in [0.4, 0.5) is 0 Å². The molecule has 1 atom stereocenters. The molecule has 2 aromatic rings. The van der Waals surface area contributed by atoms with Crippen molar-refractivity contribution in [2.45, 2.75) is 19.8 Å². The molecule has 0 bridgehead atoms. The van der Waals surface area contributed by atoms with Crippen molar-refractivity contribution in [3.8, 4) is 5.75 Å². The first-order chi connectivity index (χ1) is 9.22. The summed E-state index contributed by atoms with van der Waals surface area (Å²) in [5.74, 6) is 2.50. The highest BCUT2D eigenvalue weighted by Gasteiger charge is 2.06. The molecule has 2 aromatic carbocycles. The SMILES string of the molecule is CC(CCS)CCOc1ccc(Cl)c2ccccc12. The van der Waals surface area contributed by atoms with Gasteiger partial charge in [0.1, 0.15) is 5.75 Å². The summed E-state index contributed by atoms with van der Waals surface area (Å²) in [6.07, 6.45) is 2.19. The minimum absolute atomic E-state index is 0.649. The van der Waals surface area contributed by atoms with Crippen molar-refractivity contribution in [3.05, 3.63) is 41.4 Å². The first kappa shape index (κ1) is 14.5. The molecule has 0 spiro atoms. The van der Waals surface area contributed by atoms with Crippen molar-refractivity contribution < 1.29 is 4.74 Å². The van der Waals surface area contributed by atoms with E-state index in [4.69, 9.17) is 16.3 Å². The van der Waals surface area contributed by atoms with Gasteiger partial charge in [-0.25, -0.2) is 0 Å². The Morgan fingerprint density at radius 2 is 1.84 bits per heavy atom. The van der Waals surface area contributed by atoms with Crippen LogP contribution in [0.5, 0.6) is 5.75 Å². The molecular weight excluding hydrogens is 276 g/mol. The summed E-state index contributed by atoms with van der Waals surface area (Å²) in [6, 6.07) is 11.9. The first-order valence-corrected chi connectivity index (χ1v) is 7.64. The van der Waals surface area contributed by atoms with Gasteiger partial charge in [0.2, 0.25) is 0 Å². The van der Waals surface area contributed by atoms with Crippen LogP contribution in [-0.4, -0.2) is 12.4 Å².